The van der Waals surface area contributed by atoms with Gasteiger partial charge in [0.2, 0.25) is 5.91 Å². The molecule has 2 rings (SSSR count). The van der Waals surface area contributed by atoms with Crippen LogP contribution in [0, 0.1) is 0 Å². The van der Waals surface area contributed by atoms with Gasteiger partial charge in [-0.05, 0) is 17.2 Å². The van der Waals surface area contributed by atoms with Crippen LogP contribution >= 0.6 is 0 Å². The van der Waals surface area contributed by atoms with E-state index >= 15 is 0 Å². The Kier molecular flexibility index (Phi) is 5.49. The molecule has 0 radical (unpaired) electrons. The molecule has 0 spiro atoms. The molecule has 4 heteroatoms. The lowest BCUT2D eigenvalue weighted by Crippen LogP contribution is -2.33. The highest BCUT2D eigenvalue weighted by atomic mass is 16.4. The van der Waals surface area contributed by atoms with Gasteiger partial charge in [0.1, 0.15) is 6.54 Å². The van der Waals surface area contributed by atoms with Crippen molar-refractivity contribution in [3.8, 4) is 0 Å². The zero-order valence-corrected chi connectivity index (χ0v) is 12.1. The zero-order valence-electron chi connectivity index (χ0n) is 12.1. The highest BCUT2D eigenvalue weighted by Crippen LogP contribution is 2.07. The van der Waals surface area contributed by atoms with Gasteiger partial charge in [-0.2, -0.15) is 0 Å². The third-order valence-corrected chi connectivity index (χ3v) is 3.07. The van der Waals surface area contributed by atoms with E-state index in [0.717, 1.165) is 11.1 Å². The molecule has 0 saturated heterocycles. The second-order valence-electron chi connectivity index (χ2n) is 4.82. The molecule has 112 valence electrons. The highest BCUT2D eigenvalue weighted by molar-refractivity contribution is 5.93. The van der Waals surface area contributed by atoms with E-state index in [1.807, 2.05) is 60.7 Å². The lowest BCUT2D eigenvalue weighted by atomic mass is 10.2. The number of carbonyl (C=O) groups excluding carboxylic acids is 1. The zero-order chi connectivity index (χ0) is 15.8. The van der Waals surface area contributed by atoms with E-state index in [-0.39, 0.29) is 19.0 Å². The van der Waals surface area contributed by atoms with Crippen LogP contribution < -0.4 is 0 Å². The molecular weight excluding hydrogens is 278 g/mol. The van der Waals surface area contributed by atoms with Crippen molar-refractivity contribution in [2.24, 2.45) is 0 Å². The molecule has 0 fully saturated rings. The Morgan fingerprint density at radius 1 is 0.955 bits per heavy atom. The van der Waals surface area contributed by atoms with Gasteiger partial charge in [-0.25, -0.2) is 0 Å². The molecule has 1 N–H and O–H groups in total. The first-order valence-corrected chi connectivity index (χ1v) is 6.93. The fraction of sp³-hybridized carbons (Fsp3) is 0.111. The van der Waals surface area contributed by atoms with Crippen molar-refractivity contribution in [3.05, 3.63) is 77.9 Å². The maximum atomic E-state index is 12.2. The van der Waals surface area contributed by atoms with Gasteiger partial charge in [0, 0.05) is 12.6 Å². The maximum Gasteiger partial charge on any atom is 0.323 e. The first-order chi connectivity index (χ1) is 10.6. The monoisotopic (exact) mass is 295 g/mol. The van der Waals surface area contributed by atoms with Gasteiger partial charge in [0.25, 0.3) is 0 Å². The van der Waals surface area contributed by atoms with Gasteiger partial charge in [-0.15, -0.1) is 0 Å². The third kappa shape index (κ3) is 4.90. The Labute approximate surface area is 129 Å². The number of hydrogen-bond acceptors (Lipinski definition) is 2. The topological polar surface area (TPSA) is 57.6 Å². The van der Waals surface area contributed by atoms with Gasteiger partial charge in [-0.1, -0.05) is 60.7 Å². The van der Waals surface area contributed by atoms with Crippen molar-refractivity contribution in [1.29, 1.82) is 0 Å². The average Bonchev–Trinajstić information content (AvgIpc) is 2.53. The summed E-state index contributed by atoms with van der Waals surface area (Å²) in [5.41, 5.74) is 1.79. The molecule has 0 aliphatic carbocycles. The van der Waals surface area contributed by atoms with E-state index in [0.29, 0.717) is 0 Å². The summed E-state index contributed by atoms with van der Waals surface area (Å²) in [6, 6.07) is 18.7. The lowest BCUT2D eigenvalue weighted by molar-refractivity contribution is -0.143. The molecule has 0 aliphatic heterocycles. The minimum absolute atomic E-state index is 0.269. The molecule has 0 heterocycles. The van der Waals surface area contributed by atoms with Crippen LogP contribution in [0.1, 0.15) is 11.1 Å². The molecule has 0 aromatic heterocycles. The fourth-order valence-electron chi connectivity index (χ4n) is 2.02. The predicted molar refractivity (Wildman–Crippen MR) is 85.0 cm³/mol. The minimum Gasteiger partial charge on any atom is -0.480 e. The Hall–Kier alpha value is -2.88. The van der Waals surface area contributed by atoms with Gasteiger partial charge < -0.3 is 10.0 Å². The number of carbonyl (C=O) groups is 2. The van der Waals surface area contributed by atoms with Crippen molar-refractivity contribution in [2.75, 3.05) is 6.54 Å². The number of aliphatic carboxylic acids is 1. The van der Waals surface area contributed by atoms with Gasteiger partial charge in [0.05, 0.1) is 0 Å². The summed E-state index contributed by atoms with van der Waals surface area (Å²) in [5, 5.41) is 8.98. The number of hydrogen-bond donors (Lipinski definition) is 1. The van der Waals surface area contributed by atoms with E-state index < -0.39 is 5.97 Å². The molecule has 1 amide bonds. The Balaban J connectivity index is 2.09. The normalized spacial score (nSPS) is 10.5. The summed E-state index contributed by atoms with van der Waals surface area (Å²) >= 11 is 0. The van der Waals surface area contributed by atoms with E-state index in [2.05, 4.69) is 0 Å². The third-order valence-electron chi connectivity index (χ3n) is 3.07. The van der Waals surface area contributed by atoms with E-state index in [4.69, 9.17) is 5.11 Å². The number of carboxylic acids is 1. The molecule has 22 heavy (non-hydrogen) atoms. The van der Waals surface area contributed by atoms with Crippen LogP contribution in [-0.2, 0) is 16.1 Å². The summed E-state index contributed by atoms with van der Waals surface area (Å²) in [6.07, 6.45) is 3.09. The van der Waals surface area contributed by atoms with E-state index in [1.54, 1.807) is 6.08 Å². The van der Waals surface area contributed by atoms with Gasteiger partial charge >= 0.3 is 5.97 Å². The molecular formula is C18H17NO3. The van der Waals surface area contributed by atoms with E-state index in [9.17, 15) is 9.59 Å². The molecule has 0 bridgehead atoms. The first kappa shape index (κ1) is 15.5. The van der Waals surface area contributed by atoms with Crippen LogP contribution in [0.2, 0.25) is 0 Å². The van der Waals surface area contributed by atoms with Crippen molar-refractivity contribution < 1.29 is 14.7 Å². The Morgan fingerprint density at radius 2 is 1.55 bits per heavy atom. The summed E-state index contributed by atoms with van der Waals surface area (Å²) in [4.78, 5) is 24.5. The van der Waals surface area contributed by atoms with Gasteiger partial charge in [-0.3, -0.25) is 9.59 Å². The summed E-state index contributed by atoms with van der Waals surface area (Å²) in [7, 11) is 0. The highest BCUT2D eigenvalue weighted by Gasteiger charge is 2.14. The first-order valence-electron chi connectivity index (χ1n) is 6.93. The van der Waals surface area contributed by atoms with Crippen molar-refractivity contribution in [3.63, 3.8) is 0 Å². The minimum atomic E-state index is -1.03. The Morgan fingerprint density at radius 3 is 2.14 bits per heavy atom. The average molecular weight is 295 g/mol. The summed E-state index contributed by atoms with van der Waals surface area (Å²) in [6.45, 7) is -0.0576. The van der Waals surface area contributed by atoms with Crippen LogP contribution in [0.5, 0.6) is 0 Å². The van der Waals surface area contributed by atoms with Crippen molar-refractivity contribution >= 4 is 18.0 Å². The largest absolute Gasteiger partial charge is 0.480 e. The maximum absolute atomic E-state index is 12.2. The molecule has 2 aromatic carbocycles. The standard InChI is InChI=1S/C18H17NO3/c20-17(12-11-15-7-3-1-4-8-15)19(14-18(21)22)13-16-9-5-2-6-10-16/h1-12H,13-14H2,(H,21,22)/b12-11+. The smallest absolute Gasteiger partial charge is 0.323 e. The molecule has 0 saturated carbocycles. The van der Waals surface area contributed by atoms with Crippen LogP contribution in [0.3, 0.4) is 0 Å². The quantitative estimate of drug-likeness (QED) is 0.834. The number of carboxylic acid groups (broad SMARTS) is 1. The van der Waals surface area contributed by atoms with Crippen molar-refractivity contribution in [2.45, 2.75) is 6.54 Å². The fourth-order valence-corrected chi connectivity index (χ4v) is 2.02. The summed E-state index contributed by atoms with van der Waals surface area (Å²) < 4.78 is 0. The number of benzene rings is 2. The molecule has 0 unspecified atom stereocenters. The van der Waals surface area contributed by atoms with Gasteiger partial charge in [0.15, 0.2) is 0 Å². The second kappa shape index (κ2) is 7.78. The molecule has 0 atom stereocenters. The number of nitrogens with zero attached hydrogens (tertiary/aromatic N) is 1. The molecule has 0 aliphatic rings. The molecule has 2 aromatic rings. The number of rotatable bonds is 6. The predicted octanol–water partition coefficient (Wildman–Crippen LogP) is 2.81. The Bertz CT molecular complexity index is 651. The van der Waals surface area contributed by atoms with E-state index in [1.165, 1.54) is 11.0 Å². The van der Waals surface area contributed by atoms with Crippen LogP contribution in [0.25, 0.3) is 6.08 Å². The summed E-state index contributed by atoms with van der Waals surface area (Å²) in [5.74, 6) is -1.35. The van der Waals surface area contributed by atoms with Crippen LogP contribution in [-0.4, -0.2) is 28.4 Å². The molecule has 4 nitrogen and oxygen atoms in total. The van der Waals surface area contributed by atoms with Crippen LogP contribution in [0.4, 0.5) is 0 Å². The second-order valence-corrected chi connectivity index (χ2v) is 4.82. The van der Waals surface area contributed by atoms with Crippen LogP contribution in [0.15, 0.2) is 66.7 Å². The number of amides is 1. The van der Waals surface area contributed by atoms with Crippen molar-refractivity contribution in [1.82, 2.24) is 4.90 Å². The SMILES string of the molecule is O=C(O)CN(Cc1ccccc1)C(=O)/C=C/c1ccccc1. The lowest BCUT2D eigenvalue weighted by Gasteiger charge is -2.19.